The highest BCUT2D eigenvalue weighted by Gasteiger charge is 2.09. The number of hydrogen-bond donors (Lipinski definition) is 3. The Morgan fingerprint density at radius 2 is 2.06 bits per heavy atom. The molecule has 0 aliphatic heterocycles. The zero-order chi connectivity index (χ0) is 12.0. The molecular formula is C11H14O5. The van der Waals surface area contributed by atoms with Crippen LogP contribution in [0.15, 0.2) is 24.3 Å². The Labute approximate surface area is 92.9 Å². The van der Waals surface area contributed by atoms with E-state index >= 15 is 0 Å². The maximum absolute atomic E-state index is 10.8. The summed E-state index contributed by atoms with van der Waals surface area (Å²) in [5.74, 6) is -1.01. The molecule has 0 saturated carbocycles. The Morgan fingerprint density at radius 3 is 2.69 bits per heavy atom. The quantitative estimate of drug-likeness (QED) is 0.647. The van der Waals surface area contributed by atoms with Gasteiger partial charge in [0.05, 0.1) is 25.4 Å². The van der Waals surface area contributed by atoms with E-state index in [0.29, 0.717) is 5.56 Å². The van der Waals surface area contributed by atoms with Gasteiger partial charge in [-0.3, -0.25) is 0 Å². The van der Waals surface area contributed by atoms with E-state index in [1.807, 2.05) is 0 Å². The number of rotatable bonds is 6. The average Bonchev–Trinajstić information content (AvgIpc) is 2.29. The van der Waals surface area contributed by atoms with Crippen LogP contribution in [-0.2, 0) is 11.3 Å². The monoisotopic (exact) mass is 226 g/mol. The molecule has 1 atom stereocenters. The first kappa shape index (κ1) is 12.6. The highest BCUT2D eigenvalue weighted by Crippen LogP contribution is 2.10. The second kappa shape index (κ2) is 6.22. The number of aliphatic hydroxyl groups excluding tert-OH is 2. The average molecular weight is 226 g/mol. The van der Waals surface area contributed by atoms with Crippen LogP contribution in [0.3, 0.4) is 0 Å². The van der Waals surface area contributed by atoms with Crippen molar-refractivity contribution >= 4 is 5.97 Å². The standard InChI is InChI=1S/C11H14O5/c12-5-9(13)7-16-6-8-3-1-2-4-10(8)11(14)15/h1-4,9,12-13H,5-7H2,(H,14,15). The van der Waals surface area contributed by atoms with Crippen LogP contribution in [0.2, 0.25) is 0 Å². The van der Waals surface area contributed by atoms with Gasteiger partial charge in [-0.05, 0) is 11.6 Å². The van der Waals surface area contributed by atoms with E-state index in [2.05, 4.69) is 0 Å². The summed E-state index contributed by atoms with van der Waals surface area (Å²) in [6.45, 7) is -0.301. The van der Waals surface area contributed by atoms with Crippen molar-refractivity contribution in [3.05, 3.63) is 35.4 Å². The molecule has 0 fully saturated rings. The van der Waals surface area contributed by atoms with Gasteiger partial charge < -0.3 is 20.1 Å². The smallest absolute Gasteiger partial charge is 0.336 e. The van der Waals surface area contributed by atoms with Gasteiger partial charge in [0.1, 0.15) is 6.10 Å². The molecule has 1 rings (SSSR count). The van der Waals surface area contributed by atoms with Crippen molar-refractivity contribution in [1.29, 1.82) is 0 Å². The molecule has 1 unspecified atom stereocenters. The summed E-state index contributed by atoms with van der Waals surface area (Å²) in [6, 6.07) is 6.49. The van der Waals surface area contributed by atoms with E-state index < -0.39 is 12.1 Å². The van der Waals surface area contributed by atoms with Crippen molar-refractivity contribution in [2.75, 3.05) is 13.2 Å². The first-order chi connectivity index (χ1) is 7.65. The summed E-state index contributed by atoms with van der Waals surface area (Å²) in [6.07, 6.45) is -0.933. The first-order valence-corrected chi connectivity index (χ1v) is 4.83. The second-order valence-electron chi connectivity index (χ2n) is 3.31. The molecule has 0 aromatic heterocycles. The van der Waals surface area contributed by atoms with Crippen LogP contribution in [0.5, 0.6) is 0 Å². The largest absolute Gasteiger partial charge is 0.478 e. The molecule has 0 spiro atoms. The molecule has 3 N–H and O–H groups in total. The lowest BCUT2D eigenvalue weighted by atomic mass is 10.1. The lowest BCUT2D eigenvalue weighted by Crippen LogP contribution is -2.19. The van der Waals surface area contributed by atoms with Crippen LogP contribution in [-0.4, -0.2) is 40.6 Å². The van der Waals surface area contributed by atoms with E-state index in [9.17, 15) is 4.79 Å². The molecule has 0 bridgehead atoms. The fourth-order valence-electron chi connectivity index (χ4n) is 1.21. The van der Waals surface area contributed by atoms with Crippen LogP contribution in [0.4, 0.5) is 0 Å². The summed E-state index contributed by atoms with van der Waals surface area (Å²) in [7, 11) is 0. The van der Waals surface area contributed by atoms with Gasteiger partial charge in [0.25, 0.3) is 0 Å². The number of ether oxygens (including phenoxy) is 1. The fraction of sp³-hybridized carbons (Fsp3) is 0.364. The highest BCUT2D eigenvalue weighted by atomic mass is 16.5. The van der Waals surface area contributed by atoms with Gasteiger partial charge in [0.15, 0.2) is 0 Å². The molecule has 0 aliphatic rings. The minimum Gasteiger partial charge on any atom is -0.478 e. The summed E-state index contributed by atoms with van der Waals surface area (Å²) < 4.78 is 5.09. The summed E-state index contributed by atoms with van der Waals surface area (Å²) in [5.41, 5.74) is 0.723. The van der Waals surface area contributed by atoms with Gasteiger partial charge >= 0.3 is 5.97 Å². The fourth-order valence-corrected chi connectivity index (χ4v) is 1.21. The summed E-state index contributed by atoms with van der Waals surface area (Å²) in [4.78, 5) is 10.8. The van der Waals surface area contributed by atoms with Crippen LogP contribution < -0.4 is 0 Å². The van der Waals surface area contributed by atoms with E-state index in [0.717, 1.165) is 0 Å². The second-order valence-corrected chi connectivity index (χ2v) is 3.31. The lowest BCUT2D eigenvalue weighted by Gasteiger charge is -2.09. The van der Waals surface area contributed by atoms with Gasteiger partial charge in [0, 0.05) is 0 Å². The topological polar surface area (TPSA) is 87.0 Å². The van der Waals surface area contributed by atoms with E-state index in [1.54, 1.807) is 18.2 Å². The van der Waals surface area contributed by atoms with Gasteiger partial charge in [-0.25, -0.2) is 4.79 Å². The molecule has 0 aliphatic carbocycles. The number of aliphatic hydroxyl groups is 2. The maximum Gasteiger partial charge on any atom is 0.336 e. The zero-order valence-electron chi connectivity index (χ0n) is 8.67. The molecule has 5 nitrogen and oxygen atoms in total. The van der Waals surface area contributed by atoms with Crippen LogP contribution in [0.25, 0.3) is 0 Å². The molecule has 5 heteroatoms. The predicted molar refractivity (Wildman–Crippen MR) is 56.1 cm³/mol. The lowest BCUT2D eigenvalue weighted by molar-refractivity contribution is -0.000231. The van der Waals surface area contributed by atoms with E-state index in [1.165, 1.54) is 6.07 Å². The molecule has 0 heterocycles. The van der Waals surface area contributed by atoms with Gasteiger partial charge in [-0.1, -0.05) is 18.2 Å². The zero-order valence-corrected chi connectivity index (χ0v) is 8.67. The number of carboxylic acids is 1. The minimum absolute atomic E-state index is 0.0234. The Balaban J connectivity index is 2.56. The molecule has 88 valence electrons. The number of hydrogen-bond acceptors (Lipinski definition) is 4. The summed E-state index contributed by atoms with van der Waals surface area (Å²) >= 11 is 0. The number of carboxylic acid groups (broad SMARTS) is 1. The Kier molecular flexibility index (Phi) is 4.91. The summed E-state index contributed by atoms with van der Waals surface area (Å²) in [5, 5.41) is 26.4. The van der Waals surface area contributed by atoms with Crippen molar-refractivity contribution in [1.82, 2.24) is 0 Å². The van der Waals surface area contributed by atoms with Crippen molar-refractivity contribution in [2.24, 2.45) is 0 Å². The Hall–Kier alpha value is -1.43. The minimum atomic E-state index is -1.01. The SMILES string of the molecule is O=C(O)c1ccccc1COCC(O)CO. The van der Waals surface area contributed by atoms with Gasteiger partial charge in [-0.2, -0.15) is 0 Å². The molecular weight excluding hydrogens is 212 g/mol. The maximum atomic E-state index is 10.8. The Morgan fingerprint density at radius 1 is 1.38 bits per heavy atom. The first-order valence-electron chi connectivity index (χ1n) is 4.83. The molecule has 0 saturated heterocycles. The molecule has 16 heavy (non-hydrogen) atoms. The molecule has 1 aromatic carbocycles. The Bertz CT molecular complexity index is 350. The third-order valence-electron chi connectivity index (χ3n) is 2.03. The van der Waals surface area contributed by atoms with E-state index in [4.69, 9.17) is 20.1 Å². The van der Waals surface area contributed by atoms with Crippen molar-refractivity contribution in [2.45, 2.75) is 12.7 Å². The normalized spacial score (nSPS) is 12.4. The molecule has 1 aromatic rings. The van der Waals surface area contributed by atoms with Gasteiger partial charge in [0.2, 0.25) is 0 Å². The number of carbonyl (C=O) groups is 1. The predicted octanol–water partition coefficient (Wildman–Crippen LogP) is 0.255. The molecule has 0 radical (unpaired) electrons. The van der Waals surface area contributed by atoms with Crippen molar-refractivity contribution in [3.8, 4) is 0 Å². The van der Waals surface area contributed by atoms with Crippen LogP contribution in [0, 0.1) is 0 Å². The van der Waals surface area contributed by atoms with Crippen molar-refractivity contribution in [3.63, 3.8) is 0 Å². The number of benzene rings is 1. The van der Waals surface area contributed by atoms with Crippen molar-refractivity contribution < 1.29 is 24.9 Å². The third-order valence-corrected chi connectivity index (χ3v) is 2.03. The van der Waals surface area contributed by atoms with Gasteiger partial charge in [-0.15, -0.1) is 0 Å². The van der Waals surface area contributed by atoms with Crippen LogP contribution >= 0.6 is 0 Å². The number of aromatic carboxylic acids is 1. The highest BCUT2D eigenvalue weighted by molar-refractivity contribution is 5.89. The third kappa shape index (κ3) is 3.62. The van der Waals surface area contributed by atoms with Crippen LogP contribution in [0.1, 0.15) is 15.9 Å². The molecule has 0 amide bonds. The van der Waals surface area contributed by atoms with E-state index in [-0.39, 0.29) is 25.4 Å².